The third-order valence-electron chi connectivity index (χ3n) is 26.6. The Labute approximate surface area is 708 Å². The van der Waals surface area contributed by atoms with E-state index < -0.39 is 0 Å². The largest absolute Gasteiger partial charge is 0.455 e. The lowest BCUT2D eigenvalue weighted by Crippen LogP contribution is -1.93. The molecule has 20 aromatic carbocycles. The summed E-state index contributed by atoms with van der Waals surface area (Å²) in [6.45, 7) is 30.7. The van der Waals surface area contributed by atoms with Crippen LogP contribution in [0.2, 0.25) is 0 Å². The summed E-state index contributed by atoms with van der Waals surface area (Å²) in [5, 5.41) is 23.2. The molecule has 4 heterocycles. The molecule has 0 aliphatic heterocycles. The van der Waals surface area contributed by atoms with Crippen LogP contribution < -0.4 is 0 Å². The summed E-state index contributed by atoms with van der Waals surface area (Å²) < 4.78 is 28.5. The van der Waals surface area contributed by atoms with Crippen molar-refractivity contribution >= 4 is 152 Å². The molecule has 4 heteroatoms. The lowest BCUT2D eigenvalue weighted by molar-refractivity contribution is 0.672. The van der Waals surface area contributed by atoms with Crippen molar-refractivity contribution in [2.75, 3.05) is 0 Å². The molecule has 4 aromatic heterocycles. The summed E-state index contributed by atoms with van der Waals surface area (Å²) in [6.07, 6.45) is 0. The highest BCUT2D eigenvalue weighted by Crippen LogP contribution is 2.55. The van der Waals surface area contributed by atoms with Crippen LogP contribution in [0.3, 0.4) is 0 Å². The van der Waals surface area contributed by atoms with Crippen molar-refractivity contribution in [3.8, 4) is 89.0 Å². The first-order valence-electron chi connectivity index (χ1n) is 42.8. The molecule has 0 fully saturated rings. The Hall–Kier alpha value is -14.3. The van der Waals surface area contributed by atoms with E-state index in [9.17, 15) is 0 Å². The van der Waals surface area contributed by atoms with Gasteiger partial charge in [-0.05, 0) is 338 Å². The Morgan fingerprint density at radius 1 is 0.148 bits per heavy atom. The average molecular weight is 1570 g/mol. The van der Waals surface area contributed by atoms with Crippen LogP contribution in [0.15, 0.2) is 297 Å². The van der Waals surface area contributed by atoms with Crippen molar-refractivity contribution in [1.82, 2.24) is 0 Å². The molecule has 0 saturated carbocycles. The van der Waals surface area contributed by atoms with E-state index in [1.807, 2.05) is 0 Å². The lowest BCUT2D eigenvalue weighted by Gasteiger charge is -2.19. The normalized spacial score (nSPS) is 12.2. The van der Waals surface area contributed by atoms with Crippen LogP contribution in [0.1, 0.15) is 77.9 Å². The van der Waals surface area contributed by atoms with Crippen LogP contribution in [0.5, 0.6) is 0 Å². The Bertz CT molecular complexity index is 8050. The second kappa shape index (κ2) is 27.1. The monoisotopic (exact) mass is 1570 g/mol. The lowest BCUT2D eigenvalue weighted by atomic mass is 9.83. The van der Waals surface area contributed by atoms with Gasteiger partial charge in [0.25, 0.3) is 0 Å². The molecule has 0 N–H and O–H groups in total. The number of aryl methyl sites for hydroxylation is 14. The van der Waals surface area contributed by atoms with Crippen molar-refractivity contribution < 1.29 is 17.7 Å². The smallest absolute Gasteiger partial charge is 0.143 e. The van der Waals surface area contributed by atoms with E-state index in [1.165, 1.54) is 199 Å². The predicted molar refractivity (Wildman–Crippen MR) is 519 cm³/mol. The number of fused-ring (bicyclic) bond motifs is 16. The van der Waals surface area contributed by atoms with Crippen LogP contribution >= 0.6 is 0 Å². The van der Waals surface area contributed by atoms with Gasteiger partial charge in [-0.3, -0.25) is 0 Å². The standard InChI is InChI=1S/C60H46O2.C58H42O2/c1-31-19-32(2)22-41(21-31)45-27-51-58-48(30-50-44-18-16-40(26-54(44)61-59(50)51)56-37(7)13-10-14-38(56)8)46(42-23-33(3)20-34(4)24-42)28-52-57(58)47(45)29-49-43-17-15-39(25-53(43)62-60(49)52)55-35(5)11-9-12-36(55)6;1-31-19-32(2)22-39(21-31)45-27-51-56-48(30-50-44-18-16-38(26-54(44)59-57(50)51)42-14-10-8-12-36(42)6)46(40-23-33(3)20-34(4)24-40)28-52-55(56)47(45)29-49-43-17-15-37(25-53(43)60-58(49)52)41-13-9-7-11-35(41)5/h9-30H,1-8H3;7-30H,1-6H3. The van der Waals surface area contributed by atoms with E-state index in [1.54, 1.807) is 0 Å². The van der Waals surface area contributed by atoms with Gasteiger partial charge in [0.05, 0.1) is 0 Å². The van der Waals surface area contributed by atoms with Crippen LogP contribution in [-0.2, 0) is 0 Å². The molecule has 0 spiro atoms. The first-order valence-corrected chi connectivity index (χ1v) is 42.8. The van der Waals surface area contributed by atoms with Gasteiger partial charge in [0.15, 0.2) is 0 Å². The third kappa shape index (κ3) is 11.3. The molecule has 24 rings (SSSR count). The highest BCUT2D eigenvalue weighted by atomic mass is 16.3. The molecule has 0 aliphatic rings. The van der Waals surface area contributed by atoms with Gasteiger partial charge in [-0.1, -0.05) is 226 Å². The summed E-state index contributed by atoms with van der Waals surface area (Å²) in [4.78, 5) is 0. The van der Waals surface area contributed by atoms with Crippen LogP contribution in [0.4, 0.5) is 0 Å². The van der Waals surface area contributed by atoms with Crippen LogP contribution in [0.25, 0.3) is 241 Å². The van der Waals surface area contributed by atoms with Crippen LogP contribution in [0, 0.1) is 96.9 Å². The fourth-order valence-corrected chi connectivity index (χ4v) is 21.6. The van der Waals surface area contributed by atoms with Gasteiger partial charge in [-0.25, -0.2) is 0 Å². The van der Waals surface area contributed by atoms with E-state index in [0.717, 1.165) is 120 Å². The van der Waals surface area contributed by atoms with Gasteiger partial charge in [0, 0.05) is 86.2 Å². The molecule has 0 bridgehead atoms. The van der Waals surface area contributed by atoms with E-state index in [4.69, 9.17) is 17.7 Å². The van der Waals surface area contributed by atoms with Crippen molar-refractivity contribution in [3.63, 3.8) is 0 Å². The molecule has 0 amide bonds. The first-order chi connectivity index (χ1) is 59.1. The maximum Gasteiger partial charge on any atom is 0.143 e. The van der Waals surface area contributed by atoms with Crippen molar-refractivity contribution in [2.45, 2.75) is 96.9 Å². The highest BCUT2D eigenvalue weighted by molar-refractivity contribution is 6.41. The quantitative estimate of drug-likeness (QED) is 0.142. The zero-order chi connectivity index (χ0) is 82.8. The van der Waals surface area contributed by atoms with Crippen molar-refractivity contribution in [3.05, 3.63) is 357 Å². The van der Waals surface area contributed by atoms with E-state index >= 15 is 0 Å². The fourth-order valence-electron chi connectivity index (χ4n) is 21.6. The summed E-state index contributed by atoms with van der Waals surface area (Å²) in [5.74, 6) is 0. The Morgan fingerprint density at radius 2 is 0.377 bits per heavy atom. The second-order valence-electron chi connectivity index (χ2n) is 35.5. The Kier molecular flexibility index (Phi) is 16.2. The maximum absolute atomic E-state index is 7.16. The molecule has 24 aromatic rings. The summed E-state index contributed by atoms with van der Waals surface area (Å²) in [5.41, 5.74) is 44.0. The molecule has 122 heavy (non-hydrogen) atoms. The third-order valence-corrected chi connectivity index (χ3v) is 26.6. The summed E-state index contributed by atoms with van der Waals surface area (Å²) >= 11 is 0. The first kappa shape index (κ1) is 72.9. The molecule has 0 saturated heterocycles. The Balaban J connectivity index is 0.000000142. The fraction of sp³-hybridized carbons (Fsp3) is 0.119. The number of benzene rings is 20. The molecule has 0 atom stereocenters. The molecule has 4 nitrogen and oxygen atoms in total. The number of hydrogen-bond acceptors (Lipinski definition) is 4. The molecule has 0 unspecified atom stereocenters. The predicted octanol–water partition coefficient (Wildman–Crippen LogP) is 34.4. The van der Waals surface area contributed by atoms with Crippen molar-refractivity contribution in [2.24, 2.45) is 0 Å². The van der Waals surface area contributed by atoms with Gasteiger partial charge in [0.2, 0.25) is 0 Å². The van der Waals surface area contributed by atoms with Crippen molar-refractivity contribution in [1.29, 1.82) is 0 Å². The van der Waals surface area contributed by atoms with Gasteiger partial charge in [-0.2, -0.15) is 0 Å². The number of furan rings is 4. The molecule has 0 radical (unpaired) electrons. The highest BCUT2D eigenvalue weighted by Gasteiger charge is 2.30. The summed E-state index contributed by atoms with van der Waals surface area (Å²) in [7, 11) is 0. The molecule has 584 valence electrons. The van der Waals surface area contributed by atoms with Crippen LogP contribution in [-0.4, -0.2) is 0 Å². The number of hydrogen-bond donors (Lipinski definition) is 0. The second-order valence-corrected chi connectivity index (χ2v) is 35.5. The average Bonchev–Trinajstić information content (AvgIpc) is 1.40. The molecular formula is C118H88O4. The molecular weight excluding hydrogens is 1480 g/mol. The van der Waals surface area contributed by atoms with E-state index in [2.05, 4.69) is 376 Å². The van der Waals surface area contributed by atoms with Gasteiger partial charge in [-0.15, -0.1) is 0 Å². The molecule has 0 aliphatic carbocycles. The van der Waals surface area contributed by atoms with Gasteiger partial charge >= 0.3 is 0 Å². The van der Waals surface area contributed by atoms with E-state index in [-0.39, 0.29) is 0 Å². The summed E-state index contributed by atoms with van der Waals surface area (Å²) in [6, 6.07) is 104. The maximum atomic E-state index is 7.16. The minimum Gasteiger partial charge on any atom is -0.455 e. The number of rotatable bonds is 8. The van der Waals surface area contributed by atoms with Gasteiger partial charge in [0.1, 0.15) is 44.7 Å². The SMILES string of the molecule is Cc1cc(C)cc(-c2cc3c4oc5cc(-c6c(C)cccc6C)ccc5c4cc4c(-c5cc(C)cc(C)c5)cc5c6oc7cc(-c8c(C)cccc8C)ccc7c6cc2c5c43)c1.Cc1cc(C)cc(-c2cc3c4oc5cc(-c6ccccc6C)ccc5c4cc4c(-c5cc(C)cc(C)c5)cc5c6oc7cc(-c8ccccc8C)ccc7c6cc2c5c43)c1. The topological polar surface area (TPSA) is 52.6 Å². The minimum atomic E-state index is 0.894. The van der Waals surface area contributed by atoms with E-state index in [0.29, 0.717) is 0 Å². The zero-order valence-corrected chi connectivity index (χ0v) is 71.2. The zero-order valence-electron chi connectivity index (χ0n) is 71.2. The minimum absolute atomic E-state index is 0.894. The van der Waals surface area contributed by atoms with Gasteiger partial charge < -0.3 is 17.7 Å². The Morgan fingerprint density at radius 3 is 0.631 bits per heavy atom.